The first kappa shape index (κ1) is 20.4. The molecule has 1 heterocycles. The number of methoxy groups -OCH3 is 3. The van der Waals surface area contributed by atoms with Crippen LogP contribution in [0.4, 0.5) is 5.69 Å². The van der Waals surface area contributed by atoms with Gasteiger partial charge in [0.1, 0.15) is 41.1 Å². The summed E-state index contributed by atoms with van der Waals surface area (Å²) in [4.78, 5) is 12.5. The van der Waals surface area contributed by atoms with Crippen LogP contribution >= 0.6 is 11.6 Å². The predicted molar refractivity (Wildman–Crippen MR) is 109 cm³/mol. The molecule has 1 amide bonds. The first-order valence-corrected chi connectivity index (χ1v) is 9.00. The van der Waals surface area contributed by atoms with Crippen LogP contribution in [-0.4, -0.2) is 27.2 Å². The first-order chi connectivity index (χ1) is 14.0. The van der Waals surface area contributed by atoms with Gasteiger partial charge in [0.05, 0.1) is 26.4 Å². The van der Waals surface area contributed by atoms with Gasteiger partial charge in [-0.2, -0.15) is 0 Å². The molecule has 2 aromatic carbocycles. The van der Waals surface area contributed by atoms with E-state index in [0.717, 1.165) is 5.75 Å². The van der Waals surface area contributed by atoms with Gasteiger partial charge in [0, 0.05) is 12.1 Å². The van der Waals surface area contributed by atoms with Crippen LogP contribution in [0.2, 0.25) is 5.02 Å². The molecule has 0 saturated heterocycles. The molecule has 0 aliphatic carbocycles. The van der Waals surface area contributed by atoms with Crippen molar-refractivity contribution in [2.45, 2.75) is 6.61 Å². The molecular weight excluding hydrogens is 398 g/mol. The molecule has 7 nitrogen and oxygen atoms in total. The third-order valence-electron chi connectivity index (χ3n) is 4.05. The average molecular weight is 418 g/mol. The maximum absolute atomic E-state index is 12.5. The Morgan fingerprint density at radius 2 is 1.62 bits per heavy atom. The van der Waals surface area contributed by atoms with Gasteiger partial charge >= 0.3 is 0 Å². The van der Waals surface area contributed by atoms with Gasteiger partial charge < -0.3 is 28.7 Å². The third kappa shape index (κ3) is 4.94. The summed E-state index contributed by atoms with van der Waals surface area (Å²) in [6.07, 6.45) is 0. The first-order valence-electron chi connectivity index (χ1n) is 8.62. The lowest BCUT2D eigenvalue weighted by Crippen LogP contribution is -2.12. The summed E-state index contributed by atoms with van der Waals surface area (Å²) in [7, 11) is 4.59. The van der Waals surface area contributed by atoms with Gasteiger partial charge in [0.15, 0.2) is 5.76 Å². The molecule has 8 heteroatoms. The highest BCUT2D eigenvalue weighted by Gasteiger charge is 2.17. The van der Waals surface area contributed by atoms with Crippen molar-refractivity contribution in [1.29, 1.82) is 0 Å². The zero-order chi connectivity index (χ0) is 20.8. The van der Waals surface area contributed by atoms with Crippen molar-refractivity contribution in [3.05, 3.63) is 65.1 Å². The highest BCUT2D eigenvalue weighted by molar-refractivity contribution is 6.34. The topological polar surface area (TPSA) is 79.2 Å². The Balaban J connectivity index is 1.66. The maximum atomic E-state index is 12.5. The lowest BCUT2D eigenvalue weighted by atomic mass is 10.2. The van der Waals surface area contributed by atoms with Crippen LogP contribution < -0.4 is 24.3 Å². The van der Waals surface area contributed by atoms with Gasteiger partial charge in [-0.25, -0.2) is 0 Å². The molecule has 0 radical (unpaired) electrons. The second kappa shape index (κ2) is 9.25. The third-order valence-corrected chi connectivity index (χ3v) is 4.35. The summed E-state index contributed by atoms with van der Waals surface area (Å²) < 4.78 is 26.7. The summed E-state index contributed by atoms with van der Waals surface area (Å²) in [5, 5.41) is 2.98. The number of ether oxygens (including phenoxy) is 4. The molecule has 1 aromatic heterocycles. The van der Waals surface area contributed by atoms with Crippen LogP contribution in [-0.2, 0) is 6.61 Å². The Kier molecular flexibility index (Phi) is 6.51. The van der Waals surface area contributed by atoms with E-state index in [4.69, 9.17) is 35.0 Å². The minimum atomic E-state index is -0.467. The van der Waals surface area contributed by atoms with E-state index < -0.39 is 5.91 Å². The second-order valence-electron chi connectivity index (χ2n) is 5.87. The molecule has 0 aliphatic heterocycles. The molecule has 3 rings (SSSR count). The van der Waals surface area contributed by atoms with Gasteiger partial charge in [-0.1, -0.05) is 11.6 Å². The number of carbonyl (C=O) groups excluding carboxylic acids is 1. The number of amides is 1. The lowest BCUT2D eigenvalue weighted by molar-refractivity contribution is 0.0992. The zero-order valence-electron chi connectivity index (χ0n) is 16.2. The summed E-state index contributed by atoms with van der Waals surface area (Å²) in [6.45, 7) is 0.173. The van der Waals surface area contributed by atoms with E-state index in [9.17, 15) is 4.79 Å². The van der Waals surface area contributed by atoms with Crippen molar-refractivity contribution in [3.63, 3.8) is 0 Å². The number of furan rings is 1. The smallest absolute Gasteiger partial charge is 0.291 e. The van der Waals surface area contributed by atoms with E-state index in [-0.39, 0.29) is 17.4 Å². The number of halogens is 1. The Morgan fingerprint density at radius 1 is 0.931 bits per heavy atom. The van der Waals surface area contributed by atoms with E-state index in [1.807, 2.05) is 0 Å². The summed E-state index contributed by atoms with van der Waals surface area (Å²) in [5.41, 5.74) is 0.326. The number of rotatable bonds is 8. The van der Waals surface area contributed by atoms with Crippen molar-refractivity contribution < 1.29 is 28.2 Å². The molecular formula is C21H20ClNO6. The fourth-order valence-corrected chi connectivity index (χ4v) is 2.78. The SMILES string of the molecule is COc1ccc(OCc2ccc(C(=O)Nc3c(Cl)cc(OC)cc3OC)o2)cc1. The van der Waals surface area contributed by atoms with E-state index in [0.29, 0.717) is 28.7 Å². The van der Waals surface area contributed by atoms with Crippen LogP contribution in [0.1, 0.15) is 16.3 Å². The fourth-order valence-electron chi connectivity index (χ4n) is 2.54. The van der Waals surface area contributed by atoms with Crippen molar-refractivity contribution in [3.8, 4) is 23.0 Å². The van der Waals surface area contributed by atoms with Crippen molar-refractivity contribution in [2.75, 3.05) is 26.6 Å². The molecule has 0 aliphatic rings. The Morgan fingerprint density at radius 3 is 2.28 bits per heavy atom. The monoisotopic (exact) mass is 417 g/mol. The Bertz CT molecular complexity index is 983. The van der Waals surface area contributed by atoms with Crippen LogP contribution in [0.25, 0.3) is 0 Å². The van der Waals surface area contributed by atoms with E-state index in [2.05, 4.69) is 5.32 Å². The molecule has 0 unspecified atom stereocenters. The number of benzene rings is 2. The van der Waals surface area contributed by atoms with Crippen LogP contribution in [0.5, 0.6) is 23.0 Å². The second-order valence-corrected chi connectivity index (χ2v) is 6.28. The molecule has 3 aromatic rings. The van der Waals surface area contributed by atoms with Gasteiger partial charge in [-0.15, -0.1) is 0 Å². The number of anilines is 1. The Labute approximate surface area is 173 Å². The highest BCUT2D eigenvalue weighted by atomic mass is 35.5. The quantitative estimate of drug-likeness (QED) is 0.567. The van der Waals surface area contributed by atoms with E-state index >= 15 is 0 Å². The minimum Gasteiger partial charge on any atom is -0.497 e. The highest BCUT2D eigenvalue weighted by Crippen LogP contribution is 2.37. The number of nitrogens with one attached hydrogen (secondary N) is 1. The molecule has 0 bridgehead atoms. The van der Waals surface area contributed by atoms with Gasteiger partial charge in [0.25, 0.3) is 5.91 Å². The number of hydrogen-bond acceptors (Lipinski definition) is 6. The molecule has 0 fully saturated rings. The molecule has 152 valence electrons. The molecule has 29 heavy (non-hydrogen) atoms. The minimum absolute atomic E-state index is 0.118. The lowest BCUT2D eigenvalue weighted by Gasteiger charge is -2.13. The Hall–Kier alpha value is -3.32. The number of carbonyl (C=O) groups is 1. The van der Waals surface area contributed by atoms with Gasteiger partial charge in [0.2, 0.25) is 0 Å². The van der Waals surface area contributed by atoms with Crippen LogP contribution in [0.15, 0.2) is 52.9 Å². The largest absolute Gasteiger partial charge is 0.497 e. The molecule has 0 saturated carbocycles. The van der Waals surface area contributed by atoms with Crippen LogP contribution in [0.3, 0.4) is 0 Å². The maximum Gasteiger partial charge on any atom is 0.291 e. The van der Waals surface area contributed by atoms with E-state index in [1.165, 1.54) is 14.2 Å². The summed E-state index contributed by atoms with van der Waals surface area (Å²) in [6, 6.07) is 13.6. The van der Waals surface area contributed by atoms with Gasteiger partial charge in [-0.3, -0.25) is 4.79 Å². The summed E-state index contributed by atoms with van der Waals surface area (Å²) in [5.74, 6) is 2.43. The molecule has 0 spiro atoms. The molecule has 0 atom stereocenters. The van der Waals surface area contributed by atoms with Crippen molar-refractivity contribution in [2.24, 2.45) is 0 Å². The molecule has 1 N–H and O–H groups in total. The fraction of sp³-hybridized carbons (Fsp3) is 0.190. The average Bonchev–Trinajstić information content (AvgIpc) is 3.23. The normalized spacial score (nSPS) is 10.3. The number of hydrogen-bond donors (Lipinski definition) is 1. The zero-order valence-corrected chi connectivity index (χ0v) is 16.9. The van der Waals surface area contributed by atoms with Crippen molar-refractivity contribution in [1.82, 2.24) is 0 Å². The standard InChI is InChI=1S/C21H20ClNO6/c1-25-13-4-6-14(7-5-13)28-12-15-8-9-18(29-15)21(24)23-20-17(22)10-16(26-2)11-19(20)27-3/h4-11H,12H2,1-3H3,(H,23,24). The van der Waals surface area contributed by atoms with Crippen molar-refractivity contribution >= 4 is 23.2 Å². The summed E-state index contributed by atoms with van der Waals surface area (Å²) >= 11 is 6.23. The predicted octanol–water partition coefficient (Wildman–Crippen LogP) is 4.79. The van der Waals surface area contributed by atoms with E-state index in [1.54, 1.807) is 55.6 Å². The van der Waals surface area contributed by atoms with Gasteiger partial charge in [-0.05, 0) is 36.4 Å². The van der Waals surface area contributed by atoms with Crippen LogP contribution in [0, 0.1) is 0 Å².